The minimum atomic E-state index is -3.00. The Bertz CT molecular complexity index is 388. The van der Waals surface area contributed by atoms with Gasteiger partial charge in [0.15, 0.2) is 0 Å². The summed E-state index contributed by atoms with van der Waals surface area (Å²) in [4.78, 5) is 11.0. The first kappa shape index (κ1) is 11.6. The zero-order valence-corrected chi connectivity index (χ0v) is 8.68. The molecular weight excluding hydrogens is 200 g/mol. The van der Waals surface area contributed by atoms with Gasteiger partial charge in [0, 0.05) is 17.5 Å². The van der Waals surface area contributed by atoms with Crippen LogP contribution in [0, 0.1) is 6.92 Å². The lowest BCUT2D eigenvalue weighted by Gasteiger charge is -2.17. The summed E-state index contributed by atoms with van der Waals surface area (Å²) >= 11 is 0. The van der Waals surface area contributed by atoms with Crippen LogP contribution in [-0.4, -0.2) is 5.91 Å². The Kier molecular flexibility index (Phi) is 3.07. The topological polar surface area (TPSA) is 43.1 Å². The Balaban J connectivity index is 3.35. The van der Waals surface area contributed by atoms with Crippen molar-refractivity contribution in [2.75, 3.05) is 0 Å². The number of nitrogens with two attached hydrogens (primary N) is 1. The zero-order chi connectivity index (χ0) is 11.6. The van der Waals surface area contributed by atoms with E-state index in [1.54, 1.807) is 13.0 Å². The maximum absolute atomic E-state index is 13.4. The quantitative estimate of drug-likeness (QED) is 0.823. The molecule has 0 fully saturated rings. The standard InChI is InChI=1S/C11H13F2NO/c1-3-11(12,13)9-5-4-7(2)6-8(9)10(14)15/h4-6H,3H2,1-2H3,(H2,14,15). The summed E-state index contributed by atoms with van der Waals surface area (Å²) in [6.45, 7) is 3.09. The summed E-state index contributed by atoms with van der Waals surface area (Å²) < 4.78 is 26.9. The predicted molar refractivity (Wildman–Crippen MR) is 53.9 cm³/mol. The molecule has 2 N–H and O–H groups in total. The molecule has 0 atom stereocenters. The number of amides is 1. The molecule has 0 spiro atoms. The van der Waals surface area contributed by atoms with E-state index in [0.717, 1.165) is 5.56 Å². The highest BCUT2D eigenvalue weighted by atomic mass is 19.3. The van der Waals surface area contributed by atoms with Crippen molar-refractivity contribution < 1.29 is 13.6 Å². The maximum atomic E-state index is 13.4. The normalized spacial score (nSPS) is 11.5. The molecule has 1 aromatic carbocycles. The first-order chi connectivity index (χ1) is 6.88. The van der Waals surface area contributed by atoms with E-state index in [2.05, 4.69) is 0 Å². The molecule has 0 bridgehead atoms. The Morgan fingerprint density at radius 2 is 2.07 bits per heavy atom. The Hall–Kier alpha value is -1.45. The van der Waals surface area contributed by atoms with Gasteiger partial charge in [-0.25, -0.2) is 8.78 Å². The monoisotopic (exact) mass is 213 g/mol. The molecule has 0 aromatic heterocycles. The van der Waals surface area contributed by atoms with Gasteiger partial charge in [0.05, 0.1) is 0 Å². The van der Waals surface area contributed by atoms with Gasteiger partial charge in [0.2, 0.25) is 5.91 Å². The lowest BCUT2D eigenvalue weighted by atomic mass is 9.97. The Morgan fingerprint density at radius 3 is 2.53 bits per heavy atom. The maximum Gasteiger partial charge on any atom is 0.273 e. The number of hydrogen-bond acceptors (Lipinski definition) is 1. The molecule has 0 saturated carbocycles. The van der Waals surface area contributed by atoms with Crippen molar-refractivity contribution in [1.29, 1.82) is 0 Å². The van der Waals surface area contributed by atoms with Crippen molar-refractivity contribution in [3.05, 3.63) is 34.9 Å². The van der Waals surface area contributed by atoms with Crippen molar-refractivity contribution >= 4 is 5.91 Å². The first-order valence-corrected chi connectivity index (χ1v) is 4.67. The fourth-order valence-corrected chi connectivity index (χ4v) is 1.37. The van der Waals surface area contributed by atoms with Gasteiger partial charge >= 0.3 is 0 Å². The van der Waals surface area contributed by atoms with Crippen molar-refractivity contribution in [1.82, 2.24) is 0 Å². The molecule has 0 saturated heterocycles. The van der Waals surface area contributed by atoms with Gasteiger partial charge in [0.1, 0.15) is 0 Å². The van der Waals surface area contributed by atoms with Gasteiger partial charge in [-0.05, 0) is 13.0 Å². The molecule has 1 aromatic rings. The average molecular weight is 213 g/mol. The number of aryl methyl sites for hydroxylation is 1. The van der Waals surface area contributed by atoms with Gasteiger partial charge in [-0.15, -0.1) is 0 Å². The molecule has 0 unspecified atom stereocenters. The number of primary amides is 1. The predicted octanol–water partition coefficient (Wildman–Crippen LogP) is 2.60. The average Bonchev–Trinajstić information content (AvgIpc) is 2.17. The van der Waals surface area contributed by atoms with Crippen molar-refractivity contribution in [2.24, 2.45) is 5.73 Å². The third-order valence-corrected chi connectivity index (χ3v) is 2.28. The molecule has 0 radical (unpaired) electrons. The lowest BCUT2D eigenvalue weighted by Crippen LogP contribution is -2.21. The summed E-state index contributed by atoms with van der Waals surface area (Å²) in [6.07, 6.45) is -0.351. The number of hydrogen-bond donors (Lipinski definition) is 1. The van der Waals surface area contributed by atoms with Crippen LogP contribution in [0.2, 0.25) is 0 Å². The van der Waals surface area contributed by atoms with Crippen LogP contribution in [-0.2, 0) is 5.92 Å². The second kappa shape index (κ2) is 3.96. The Morgan fingerprint density at radius 1 is 1.47 bits per heavy atom. The number of halogens is 2. The van der Waals surface area contributed by atoms with Crippen LogP contribution in [0.5, 0.6) is 0 Å². The Labute approximate surface area is 87.1 Å². The largest absolute Gasteiger partial charge is 0.366 e. The molecule has 0 aliphatic rings. The minimum Gasteiger partial charge on any atom is -0.366 e. The van der Waals surface area contributed by atoms with Gasteiger partial charge in [-0.3, -0.25) is 4.79 Å². The zero-order valence-electron chi connectivity index (χ0n) is 8.68. The third kappa shape index (κ3) is 2.32. The molecular formula is C11H13F2NO. The number of alkyl halides is 2. The van der Waals surface area contributed by atoms with Gasteiger partial charge in [-0.1, -0.05) is 24.6 Å². The van der Waals surface area contributed by atoms with Crippen LogP contribution in [0.4, 0.5) is 8.78 Å². The van der Waals surface area contributed by atoms with E-state index in [1.165, 1.54) is 19.1 Å². The fraction of sp³-hybridized carbons (Fsp3) is 0.364. The highest BCUT2D eigenvalue weighted by molar-refractivity contribution is 5.94. The van der Waals surface area contributed by atoms with Gasteiger partial charge < -0.3 is 5.73 Å². The summed E-state index contributed by atoms with van der Waals surface area (Å²) in [5.74, 6) is -3.82. The number of benzene rings is 1. The fourth-order valence-electron chi connectivity index (χ4n) is 1.37. The minimum absolute atomic E-state index is 0.0955. The summed E-state index contributed by atoms with van der Waals surface area (Å²) in [5, 5.41) is 0. The molecule has 0 aliphatic carbocycles. The van der Waals surface area contributed by atoms with Crippen LogP contribution in [0.1, 0.15) is 34.8 Å². The second-order valence-corrected chi connectivity index (χ2v) is 3.47. The lowest BCUT2D eigenvalue weighted by molar-refractivity contribution is -0.00904. The molecule has 0 aliphatic heterocycles. The van der Waals surface area contributed by atoms with Crippen molar-refractivity contribution in [3.8, 4) is 0 Å². The van der Waals surface area contributed by atoms with E-state index in [9.17, 15) is 13.6 Å². The molecule has 15 heavy (non-hydrogen) atoms. The van der Waals surface area contributed by atoms with E-state index in [4.69, 9.17) is 5.73 Å². The van der Waals surface area contributed by atoms with E-state index in [0.29, 0.717) is 0 Å². The molecule has 4 heteroatoms. The van der Waals surface area contributed by atoms with Crippen LogP contribution < -0.4 is 5.73 Å². The number of rotatable bonds is 3. The molecule has 1 rings (SSSR count). The number of carbonyl (C=O) groups is 1. The summed E-state index contributed by atoms with van der Waals surface area (Å²) in [5.41, 5.74) is 5.41. The SMILES string of the molecule is CCC(F)(F)c1ccc(C)cc1C(N)=O. The van der Waals surface area contributed by atoms with E-state index >= 15 is 0 Å². The van der Waals surface area contributed by atoms with Gasteiger partial charge in [0.25, 0.3) is 5.92 Å². The highest BCUT2D eigenvalue weighted by Gasteiger charge is 2.32. The van der Waals surface area contributed by atoms with Crippen LogP contribution in [0.25, 0.3) is 0 Å². The summed E-state index contributed by atoms with van der Waals surface area (Å²) in [6, 6.07) is 4.20. The molecule has 1 amide bonds. The first-order valence-electron chi connectivity index (χ1n) is 4.67. The number of carbonyl (C=O) groups excluding carboxylic acids is 1. The van der Waals surface area contributed by atoms with Gasteiger partial charge in [-0.2, -0.15) is 0 Å². The van der Waals surface area contributed by atoms with Crippen molar-refractivity contribution in [2.45, 2.75) is 26.2 Å². The van der Waals surface area contributed by atoms with Crippen LogP contribution in [0.15, 0.2) is 18.2 Å². The van der Waals surface area contributed by atoms with E-state index < -0.39 is 11.8 Å². The second-order valence-electron chi connectivity index (χ2n) is 3.47. The van der Waals surface area contributed by atoms with Crippen molar-refractivity contribution in [3.63, 3.8) is 0 Å². The smallest absolute Gasteiger partial charge is 0.273 e. The molecule has 82 valence electrons. The highest BCUT2D eigenvalue weighted by Crippen LogP contribution is 2.33. The van der Waals surface area contributed by atoms with Crippen LogP contribution in [0.3, 0.4) is 0 Å². The summed E-state index contributed by atoms with van der Waals surface area (Å²) in [7, 11) is 0. The third-order valence-electron chi connectivity index (χ3n) is 2.28. The van der Waals surface area contributed by atoms with E-state index in [-0.39, 0.29) is 17.5 Å². The van der Waals surface area contributed by atoms with Crippen LogP contribution >= 0.6 is 0 Å². The molecule has 0 heterocycles. The van der Waals surface area contributed by atoms with E-state index in [1.807, 2.05) is 0 Å². The molecule has 2 nitrogen and oxygen atoms in total.